The molecule has 0 radical (unpaired) electrons. The number of carbonyl (C=O) groups excluding carboxylic acids is 3. The fourth-order valence-corrected chi connectivity index (χ4v) is 4.95. The summed E-state index contributed by atoms with van der Waals surface area (Å²) in [5, 5.41) is 6.85. The molecule has 0 saturated carbocycles. The van der Waals surface area contributed by atoms with E-state index in [9.17, 15) is 14.4 Å². The molecule has 0 aromatic heterocycles. The number of hydrazine groups is 1. The number of rotatable bonds is 10. The van der Waals surface area contributed by atoms with Crippen molar-refractivity contribution < 1.29 is 19.1 Å². The number of carbonyl (C=O) groups is 3. The smallest absolute Gasteiger partial charge is 0.334 e. The minimum Gasteiger partial charge on any atom is -0.497 e. The van der Waals surface area contributed by atoms with Crippen molar-refractivity contribution in [2.24, 2.45) is 0 Å². The molecular formula is C32H41Cl2N5O4. The Balaban J connectivity index is 0.00000316. The van der Waals surface area contributed by atoms with Crippen LogP contribution in [-0.4, -0.2) is 71.1 Å². The third-order valence-electron chi connectivity index (χ3n) is 6.50. The number of hydrogen-bond acceptors (Lipinski definition) is 5. The topological polar surface area (TPSA) is 85.4 Å². The summed E-state index contributed by atoms with van der Waals surface area (Å²) in [5.74, 6) is 0.215. The summed E-state index contributed by atoms with van der Waals surface area (Å²) in [6.07, 6.45) is 5.94. The number of ether oxygens (including phenoxy) is 1. The Bertz CT molecular complexity index is 1330. The van der Waals surface area contributed by atoms with Crippen LogP contribution < -0.4 is 10.1 Å². The third kappa shape index (κ3) is 9.61. The Morgan fingerprint density at radius 2 is 1.84 bits per heavy atom. The number of likely N-dealkylation sites (N-methyl/N-ethyl adjacent to an activating group) is 1. The molecular weight excluding hydrogens is 589 g/mol. The second-order valence-corrected chi connectivity index (χ2v) is 10.2. The monoisotopic (exact) mass is 629 g/mol. The highest BCUT2D eigenvalue weighted by Crippen LogP contribution is 2.26. The summed E-state index contributed by atoms with van der Waals surface area (Å²) in [5.41, 5.74) is 2.08. The van der Waals surface area contributed by atoms with Crippen LogP contribution in [0.5, 0.6) is 5.75 Å². The lowest BCUT2D eigenvalue weighted by Gasteiger charge is -2.49. The fraction of sp³-hybridized carbons (Fsp3) is 0.344. The molecule has 0 bridgehead atoms. The van der Waals surface area contributed by atoms with Gasteiger partial charge in [0.15, 0.2) is 0 Å². The van der Waals surface area contributed by atoms with Gasteiger partial charge < -0.3 is 15.0 Å². The molecule has 1 unspecified atom stereocenters. The van der Waals surface area contributed by atoms with Gasteiger partial charge in [0.05, 0.1) is 20.2 Å². The first-order chi connectivity index (χ1) is 20.6. The van der Waals surface area contributed by atoms with E-state index in [2.05, 4.69) is 11.9 Å². The third-order valence-corrected chi connectivity index (χ3v) is 7.09. The van der Waals surface area contributed by atoms with Crippen molar-refractivity contribution in [3.8, 4) is 5.75 Å². The van der Waals surface area contributed by atoms with Crippen molar-refractivity contribution >= 4 is 41.0 Å². The molecule has 4 amide bonds. The van der Waals surface area contributed by atoms with Crippen LogP contribution in [0.2, 0.25) is 10.0 Å². The summed E-state index contributed by atoms with van der Waals surface area (Å²) in [6.45, 7) is 11.4. The van der Waals surface area contributed by atoms with Gasteiger partial charge in [-0.15, -0.1) is 0 Å². The highest BCUT2D eigenvalue weighted by atomic mass is 35.5. The molecule has 0 spiro atoms. The Kier molecular flexibility index (Phi) is 14.3. The van der Waals surface area contributed by atoms with Crippen LogP contribution in [0.4, 0.5) is 4.79 Å². The van der Waals surface area contributed by atoms with Gasteiger partial charge in [0.2, 0.25) is 11.8 Å². The predicted molar refractivity (Wildman–Crippen MR) is 172 cm³/mol. The van der Waals surface area contributed by atoms with Gasteiger partial charge in [-0.1, -0.05) is 74.0 Å². The highest BCUT2D eigenvalue weighted by Gasteiger charge is 2.42. The van der Waals surface area contributed by atoms with E-state index in [1.807, 2.05) is 45.0 Å². The van der Waals surface area contributed by atoms with Gasteiger partial charge in [0.25, 0.3) is 0 Å². The number of methoxy groups -OCH3 is 1. The SMILES string of the molecule is C=C/C=C(\C=C/C)N1C(=O)CN(C)N(C(=O)NCc2ccc(OC)cc2)C1CN(Cc1ccc(Cl)cc1Cl)C(C)=O.CC. The number of allylic oxidation sites excluding steroid dienone is 4. The second kappa shape index (κ2) is 17.4. The number of urea groups is 1. The molecule has 1 atom stereocenters. The largest absolute Gasteiger partial charge is 0.497 e. The van der Waals surface area contributed by atoms with Crippen molar-refractivity contribution in [1.82, 2.24) is 25.1 Å². The molecule has 43 heavy (non-hydrogen) atoms. The van der Waals surface area contributed by atoms with Gasteiger partial charge in [-0.3, -0.25) is 14.5 Å². The maximum absolute atomic E-state index is 13.7. The van der Waals surface area contributed by atoms with Crippen molar-refractivity contribution in [3.63, 3.8) is 0 Å². The van der Waals surface area contributed by atoms with Gasteiger partial charge in [-0.2, -0.15) is 0 Å². The quantitative estimate of drug-likeness (QED) is 0.314. The molecule has 2 aromatic rings. The maximum Gasteiger partial charge on any atom is 0.334 e. The molecule has 11 heteroatoms. The van der Waals surface area contributed by atoms with Crippen molar-refractivity contribution in [2.75, 3.05) is 27.2 Å². The second-order valence-electron chi connectivity index (χ2n) is 9.37. The van der Waals surface area contributed by atoms with E-state index in [0.717, 1.165) is 5.56 Å². The molecule has 1 saturated heterocycles. The lowest BCUT2D eigenvalue weighted by atomic mass is 10.1. The number of nitrogens with zero attached hydrogens (tertiary/aromatic N) is 4. The number of halogens is 2. The van der Waals surface area contributed by atoms with E-state index >= 15 is 0 Å². The lowest BCUT2D eigenvalue weighted by Crippen LogP contribution is -2.69. The first-order valence-electron chi connectivity index (χ1n) is 14.0. The number of nitrogens with one attached hydrogen (secondary N) is 1. The molecule has 1 N–H and O–H groups in total. The molecule has 2 aromatic carbocycles. The van der Waals surface area contributed by atoms with E-state index in [4.69, 9.17) is 27.9 Å². The number of hydrogen-bond donors (Lipinski definition) is 1. The van der Waals surface area contributed by atoms with Gasteiger partial charge in [-0.25, -0.2) is 14.8 Å². The molecule has 1 aliphatic heterocycles. The Morgan fingerprint density at radius 1 is 1.16 bits per heavy atom. The van der Waals surface area contributed by atoms with Gasteiger partial charge >= 0.3 is 6.03 Å². The van der Waals surface area contributed by atoms with Crippen molar-refractivity contribution in [3.05, 3.63) is 100 Å². The summed E-state index contributed by atoms with van der Waals surface area (Å²) in [7, 11) is 3.25. The van der Waals surface area contributed by atoms with Crippen LogP contribution in [-0.2, 0) is 22.7 Å². The number of amides is 4. The lowest BCUT2D eigenvalue weighted by molar-refractivity contribution is -0.161. The zero-order chi connectivity index (χ0) is 32.1. The van der Waals surface area contributed by atoms with Crippen LogP contribution >= 0.6 is 23.2 Å². The summed E-state index contributed by atoms with van der Waals surface area (Å²) >= 11 is 12.5. The molecule has 0 aliphatic carbocycles. The first kappa shape index (κ1) is 35.4. The zero-order valence-electron chi connectivity index (χ0n) is 25.6. The van der Waals surface area contributed by atoms with Gasteiger partial charge in [0.1, 0.15) is 11.9 Å². The van der Waals surface area contributed by atoms with Crippen LogP contribution in [0.15, 0.2) is 79.0 Å². The molecule has 1 aliphatic rings. The van der Waals surface area contributed by atoms with Gasteiger partial charge in [0, 0.05) is 42.8 Å². The molecule has 3 rings (SSSR count). The zero-order valence-corrected chi connectivity index (χ0v) is 27.2. The Hall–Kier alpha value is -3.79. The van der Waals surface area contributed by atoms with Crippen molar-refractivity contribution in [1.29, 1.82) is 0 Å². The Morgan fingerprint density at radius 3 is 2.40 bits per heavy atom. The normalized spacial score (nSPS) is 15.6. The van der Waals surface area contributed by atoms with Crippen LogP contribution in [0.1, 0.15) is 38.8 Å². The first-order valence-corrected chi connectivity index (χ1v) is 14.7. The average molecular weight is 631 g/mol. The van der Waals surface area contributed by atoms with Crippen LogP contribution in [0.25, 0.3) is 0 Å². The van der Waals surface area contributed by atoms with Crippen molar-refractivity contribution in [2.45, 2.75) is 47.0 Å². The summed E-state index contributed by atoms with van der Waals surface area (Å²) in [6, 6.07) is 12.0. The van der Waals surface area contributed by atoms with E-state index in [1.165, 1.54) is 16.8 Å². The molecule has 9 nitrogen and oxygen atoms in total. The summed E-state index contributed by atoms with van der Waals surface area (Å²) < 4.78 is 5.21. The average Bonchev–Trinajstić information content (AvgIpc) is 2.98. The summed E-state index contributed by atoms with van der Waals surface area (Å²) in [4.78, 5) is 43.2. The molecule has 1 fully saturated rings. The van der Waals surface area contributed by atoms with Gasteiger partial charge in [-0.05, 0) is 54.5 Å². The highest BCUT2D eigenvalue weighted by molar-refractivity contribution is 6.35. The standard InChI is InChI=1S/C30H35Cl2N5O4.C2H6/c1-6-8-25(9-7-2)36-28(19-35(21(3)38)18-23-12-13-24(31)16-27(23)32)37(34(4)20-29(36)39)30(40)33-17-22-10-14-26(41-5)15-11-22;1-2/h6-16,28H,1,17-20H2,2-5H3,(H,33,40);1-2H3/b9-7-,25-8+;. The van der Waals surface area contributed by atoms with E-state index < -0.39 is 12.2 Å². The maximum atomic E-state index is 13.7. The van der Waals surface area contributed by atoms with E-state index in [1.54, 1.807) is 66.6 Å². The number of benzene rings is 2. The van der Waals surface area contributed by atoms with Crippen LogP contribution in [0.3, 0.4) is 0 Å². The van der Waals surface area contributed by atoms with E-state index in [0.29, 0.717) is 27.1 Å². The van der Waals surface area contributed by atoms with Crippen LogP contribution in [0, 0.1) is 0 Å². The predicted octanol–water partition coefficient (Wildman–Crippen LogP) is 6.25. The molecule has 232 valence electrons. The molecule has 1 heterocycles. The minimum atomic E-state index is -0.880. The minimum absolute atomic E-state index is 0.00631. The fourth-order valence-electron chi connectivity index (χ4n) is 4.48. The Labute approximate surface area is 264 Å². The van der Waals surface area contributed by atoms with E-state index in [-0.39, 0.29) is 38.0 Å².